The number of carbonyl (C=O) groups excluding carboxylic acids is 1. The Kier molecular flexibility index (Phi) is 4.15. The van der Waals surface area contributed by atoms with Crippen molar-refractivity contribution in [3.8, 4) is 11.5 Å². The van der Waals surface area contributed by atoms with E-state index in [1.165, 1.54) is 25.6 Å². The molecule has 2 aromatic rings. The van der Waals surface area contributed by atoms with Gasteiger partial charge in [-0.2, -0.15) is 0 Å². The fraction of sp³-hybridized carbons (Fsp3) is 0.125. The summed E-state index contributed by atoms with van der Waals surface area (Å²) in [5.74, 6) is -0.270. The minimum Gasteiger partial charge on any atom is -0.505 e. The SMILES string of the molecule is COc1cncc(O)c1C(=O)C=Cc1ccc(C)cc1. The minimum absolute atomic E-state index is 0.117. The molecule has 0 atom stereocenters. The fourth-order valence-electron chi connectivity index (χ4n) is 1.77. The molecule has 0 aliphatic carbocycles. The molecule has 0 amide bonds. The first-order chi connectivity index (χ1) is 9.61. The van der Waals surface area contributed by atoms with E-state index in [1.54, 1.807) is 6.08 Å². The van der Waals surface area contributed by atoms with Gasteiger partial charge in [0, 0.05) is 0 Å². The molecular formula is C16H15NO3. The highest BCUT2D eigenvalue weighted by Crippen LogP contribution is 2.26. The quantitative estimate of drug-likeness (QED) is 0.684. The smallest absolute Gasteiger partial charge is 0.193 e. The van der Waals surface area contributed by atoms with Gasteiger partial charge in [-0.05, 0) is 18.6 Å². The maximum Gasteiger partial charge on any atom is 0.193 e. The predicted octanol–water partition coefficient (Wildman–Crippen LogP) is 3.00. The van der Waals surface area contributed by atoms with Gasteiger partial charge in [0.15, 0.2) is 11.5 Å². The average molecular weight is 269 g/mol. The zero-order valence-corrected chi connectivity index (χ0v) is 11.3. The van der Waals surface area contributed by atoms with Crippen molar-refractivity contribution in [2.24, 2.45) is 0 Å². The molecule has 0 saturated carbocycles. The Hall–Kier alpha value is -2.62. The van der Waals surface area contributed by atoms with E-state index >= 15 is 0 Å². The van der Waals surface area contributed by atoms with Crippen LogP contribution in [-0.2, 0) is 0 Å². The highest BCUT2D eigenvalue weighted by molar-refractivity contribution is 6.10. The molecule has 0 bridgehead atoms. The largest absolute Gasteiger partial charge is 0.505 e. The lowest BCUT2D eigenvalue weighted by atomic mass is 10.1. The molecule has 0 aliphatic rings. The topological polar surface area (TPSA) is 59.4 Å². The van der Waals surface area contributed by atoms with Crippen LogP contribution >= 0.6 is 0 Å². The third-order valence-electron chi connectivity index (χ3n) is 2.86. The number of ether oxygens (including phenoxy) is 1. The zero-order valence-electron chi connectivity index (χ0n) is 11.3. The van der Waals surface area contributed by atoms with Crippen LogP contribution in [-0.4, -0.2) is 23.0 Å². The molecule has 0 spiro atoms. The summed E-state index contributed by atoms with van der Waals surface area (Å²) in [6, 6.07) is 7.77. The maximum absolute atomic E-state index is 12.1. The molecule has 102 valence electrons. The predicted molar refractivity (Wildman–Crippen MR) is 77.0 cm³/mol. The molecule has 1 aromatic heterocycles. The number of carbonyl (C=O) groups is 1. The van der Waals surface area contributed by atoms with E-state index in [0.717, 1.165) is 11.1 Å². The first-order valence-corrected chi connectivity index (χ1v) is 6.12. The number of allylic oxidation sites excluding steroid dienone is 1. The fourth-order valence-corrected chi connectivity index (χ4v) is 1.77. The number of hydrogen-bond acceptors (Lipinski definition) is 4. The molecule has 2 rings (SSSR count). The number of pyridine rings is 1. The van der Waals surface area contributed by atoms with Crippen LogP contribution in [0.15, 0.2) is 42.7 Å². The maximum atomic E-state index is 12.1. The lowest BCUT2D eigenvalue weighted by Crippen LogP contribution is -2.00. The Labute approximate surface area is 117 Å². The van der Waals surface area contributed by atoms with Crippen molar-refractivity contribution in [3.05, 3.63) is 59.4 Å². The number of aromatic hydroxyl groups is 1. The van der Waals surface area contributed by atoms with E-state index < -0.39 is 0 Å². The first kappa shape index (κ1) is 13.8. The number of benzene rings is 1. The van der Waals surface area contributed by atoms with Crippen LogP contribution in [0, 0.1) is 6.92 Å². The van der Waals surface area contributed by atoms with E-state index in [4.69, 9.17) is 4.74 Å². The second-order valence-electron chi connectivity index (χ2n) is 4.34. The van der Waals surface area contributed by atoms with Gasteiger partial charge in [-0.15, -0.1) is 0 Å². The third-order valence-corrected chi connectivity index (χ3v) is 2.86. The summed E-state index contributed by atoms with van der Waals surface area (Å²) in [6.07, 6.45) is 5.71. The highest BCUT2D eigenvalue weighted by Gasteiger charge is 2.15. The van der Waals surface area contributed by atoms with Gasteiger partial charge in [0.05, 0.1) is 19.5 Å². The van der Waals surface area contributed by atoms with Crippen LogP contribution in [0.5, 0.6) is 11.5 Å². The van der Waals surface area contributed by atoms with Crippen molar-refractivity contribution in [3.63, 3.8) is 0 Å². The van der Waals surface area contributed by atoms with Gasteiger partial charge >= 0.3 is 0 Å². The molecule has 4 heteroatoms. The Balaban J connectivity index is 2.26. The molecule has 1 N–H and O–H groups in total. The van der Waals surface area contributed by atoms with E-state index in [9.17, 15) is 9.90 Å². The van der Waals surface area contributed by atoms with Crippen LogP contribution in [0.25, 0.3) is 6.08 Å². The summed E-state index contributed by atoms with van der Waals surface area (Å²) in [6.45, 7) is 2.00. The molecule has 0 radical (unpaired) electrons. The number of aryl methyl sites for hydroxylation is 1. The molecule has 0 saturated heterocycles. The standard InChI is InChI=1S/C16H15NO3/c1-11-3-5-12(6-4-11)7-8-13(18)16-14(19)9-17-10-15(16)20-2/h3-10,19H,1-2H3. The molecule has 4 nitrogen and oxygen atoms in total. The average Bonchev–Trinajstić information content (AvgIpc) is 2.46. The number of rotatable bonds is 4. The summed E-state index contributed by atoms with van der Waals surface area (Å²) < 4.78 is 5.04. The van der Waals surface area contributed by atoms with Crippen LogP contribution in [0.2, 0.25) is 0 Å². The van der Waals surface area contributed by atoms with Crippen LogP contribution in [0.3, 0.4) is 0 Å². The van der Waals surface area contributed by atoms with Gasteiger partial charge in [-0.25, -0.2) is 0 Å². The molecule has 20 heavy (non-hydrogen) atoms. The Morgan fingerprint density at radius 2 is 1.95 bits per heavy atom. The number of nitrogens with zero attached hydrogens (tertiary/aromatic N) is 1. The monoisotopic (exact) mass is 269 g/mol. The summed E-state index contributed by atoms with van der Waals surface area (Å²) in [7, 11) is 1.43. The van der Waals surface area contributed by atoms with Gasteiger partial charge in [0.1, 0.15) is 11.3 Å². The summed E-state index contributed by atoms with van der Waals surface area (Å²) in [5.41, 5.74) is 2.18. The molecule has 1 heterocycles. The Morgan fingerprint density at radius 1 is 1.25 bits per heavy atom. The Bertz CT molecular complexity index is 645. The zero-order chi connectivity index (χ0) is 14.5. The lowest BCUT2D eigenvalue weighted by molar-refractivity contribution is 0.104. The van der Waals surface area contributed by atoms with Crippen LogP contribution < -0.4 is 4.74 Å². The van der Waals surface area contributed by atoms with Crippen LogP contribution in [0.1, 0.15) is 21.5 Å². The third kappa shape index (κ3) is 3.03. The van der Waals surface area contributed by atoms with Gasteiger partial charge in [-0.3, -0.25) is 9.78 Å². The lowest BCUT2D eigenvalue weighted by Gasteiger charge is -2.06. The van der Waals surface area contributed by atoms with Crippen molar-refractivity contribution < 1.29 is 14.6 Å². The van der Waals surface area contributed by atoms with Crippen molar-refractivity contribution in [1.29, 1.82) is 0 Å². The number of methoxy groups -OCH3 is 1. The van der Waals surface area contributed by atoms with Crippen molar-refractivity contribution in [1.82, 2.24) is 4.98 Å². The van der Waals surface area contributed by atoms with Gasteiger partial charge in [0.2, 0.25) is 0 Å². The second kappa shape index (κ2) is 6.02. The Morgan fingerprint density at radius 3 is 2.60 bits per heavy atom. The molecule has 1 aromatic carbocycles. The second-order valence-corrected chi connectivity index (χ2v) is 4.34. The van der Waals surface area contributed by atoms with E-state index in [-0.39, 0.29) is 22.8 Å². The van der Waals surface area contributed by atoms with Crippen molar-refractivity contribution in [2.75, 3.05) is 7.11 Å². The number of hydrogen-bond donors (Lipinski definition) is 1. The van der Waals surface area contributed by atoms with Gasteiger partial charge < -0.3 is 9.84 Å². The molecule has 0 aliphatic heterocycles. The minimum atomic E-state index is -0.331. The normalized spacial score (nSPS) is 10.7. The van der Waals surface area contributed by atoms with E-state index in [2.05, 4.69) is 4.98 Å². The summed E-state index contributed by atoms with van der Waals surface area (Å²) >= 11 is 0. The number of aromatic nitrogens is 1. The molecule has 0 fully saturated rings. The number of ketones is 1. The molecule has 0 unspecified atom stereocenters. The molecular weight excluding hydrogens is 254 g/mol. The first-order valence-electron chi connectivity index (χ1n) is 6.12. The summed E-state index contributed by atoms with van der Waals surface area (Å²) in [4.78, 5) is 15.9. The van der Waals surface area contributed by atoms with Crippen molar-refractivity contribution >= 4 is 11.9 Å². The van der Waals surface area contributed by atoms with Gasteiger partial charge in [-0.1, -0.05) is 35.9 Å². The van der Waals surface area contributed by atoms with E-state index in [0.29, 0.717) is 0 Å². The van der Waals surface area contributed by atoms with Crippen molar-refractivity contribution in [2.45, 2.75) is 6.92 Å². The summed E-state index contributed by atoms with van der Waals surface area (Å²) in [5, 5.41) is 9.73. The van der Waals surface area contributed by atoms with Crippen LogP contribution in [0.4, 0.5) is 0 Å². The van der Waals surface area contributed by atoms with E-state index in [1.807, 2.05) is 31.2 Å². The highest BCUT2D eigenvalue weighted by atomic mass is 16.5. The van der Waals surface area contributed by atoms with Gasteiger partial charge in [0.25, 0.3) is 0 Å².